The van der Waals surface area contributed by atoms with Gasteiger partial charge in [0.15, 0.2) is 0 Å². The predicted molar refractivity (Wildman–Crippen MR) is 60.1 cm³/mol. The number of aliphatic hydroxyl groups is 1. The van der Waals surface area contributed by atoms with Crippen molar-refractivity contribution in [1.29, 1.82) is 0 Å². The van der Waals surface area contributed by atoms with Crippen LogP contribution in [0, 0.1) is 5.92 Å². The van der Waals surface area contributed by atoms with Gasteiger partial charge in [-0.25, -0.2) is 0 Å². The second kappa shape index (κ2) is 5.71. The third-order valence-corrected chi connectivity index (χ3v) is 3.38. The molecule has 0 aromatic carbocycles. The van der Waals surface area contributed by atoms with Gasteiger partial charge in [0.2, 0.25) is 0 Å². The summed E-state index contributed by atoms with van der Waals surface area (Å²) in [4.78, 5) is 1.12. The van der Waals surface area contributed by atoms with E-state index in [9.17, 15) is 5.11 Å². The van der Waals surface area contributed by atoms with Crippen molar-refractivity contribution in [1.82, 2.24) is 0 Å². The minimum atomic E-state index is -0.357. The molecule has 0 aliphatic rings. The number of methoxy groups -OCH3 is 1. The molecule has 1 aromatic rings. The van der Waals surface area contributed by atoms with Gasteiger partial charge in [-0.15, -0.1) is 11.3 Å². The number of ether oxygens (including phenoxy) is 1. The lowest BCUT2D eigenvalue weighted by atomic mass is 10.0. The zero-order chi connectivity index (χ0) is 10.6. The molecule has 0 saturated heterocycles. The van der Waals surface area contributed by atoms with E-state index < -0.39 is 0 Å². The lowest BCUT2D eigenvalue weighted by Gasteiger charge is -2.16. The van der Waals surface area contributed by atoms with E-state index in [1.165, 1.54) is 11.3 Å². The Morgan fingerprint density at radius 2 is 2.29 bits per heavy atom. The number of aliphatic hydroxyl groups excluding tert-OH is 1. The molecule has 2 atom stereocenters. The third kappa shape index (κ3) is 3.58. The first kappa shape index (κ1) is 12.0. The van der Waals surface area contributed by atoms with Gasteiger partial charge in [-0.05, 0) is 12.1 Å². The topological polar surface area (TPSA) is 29.5 Å². The normalized spacial score (nSPS) is 15.4. The number of rotatable bonds is 5. The maximum Gasteiger partial charge on any atom is 0.0931 e. The number of halogens is 1. The zero-order valence-corrected chi connectivity index (χ0v) is 9.94. The molecule has 1 rings (SSSR count). The average Bonchev–Trinajstić information content (AvgIpc) is 2.51. The van der Waals surface area contributed by atoms with Crippen LogP contribution in [-0.4, -0.2) is 24.9 Å². The molecule has 14 heavy (non-hydrogen) atoms. The molecule has 80 valence electrons. The number of hydrogen-bond acceptors (Lipinski definition) is 3. The van der Waals surface area contributed by atoms with Crippen LogP contribution in [-0.2, 0) is 11.2 Å². The van der Waals surface area contributed by atoms with Crippen molar-refractivity contribution in [2.45, 2.75) is 19.4 Å². The summed E-state index contributed by atoms with van der Waals surface area (Å²) in [5.41, 5.74) is 0. The van der Waals surface area contributed by atoms with Crippen LogP contribution in [0.3, 0.4) is 0 Å². The fourth-order valence-corrected chi connectivity index (χ4v) is 2.38. The first-order chi connectivity index (χ1) is 6.63. The quantitative estimate of drug-likeness (QED) is 0.849. The molecular formula is C10H15ClO2S. The first-order valence-electron chi connectivity index (χ1n) is 4.54. The third-order valence-electron chi connectivity index (χ3n) is 2.13. The fourth-order valence-electron chi connectivity index (χ4n) is 1.24. The molecule has 4 heteroatoms. The van der Waals surface area contributed by atoms with Crippen molar-refractivity contribution >= 4 is 22.9 Å². The van der Waals surface area contributed by atoms with Crippen LogP contribution in [0.5, 0.6) is 0 Å². The van der Waals surface area contributed by atoms with E-state index in [4.69, 9.17) is 16.3 Å². The lowest BCUT2D eigenvalue weighted by molar-refractivity contribution is 0.0579. The Bertz CT molecular complexity index is 275. The molecule has 2 unspecified atom stereocenters. The Balaban J connectivity index is 2.43. The largest absolute Gasteiger partial charge is 0.392 e. The van der Waals surface area contributed by atoms with Gasteiger partial charge in [0.25, 0.3) is 0 Å². The van der Waals surface area contributed by atoms with Crippen molar-refractivity contribution in [2.24, 2.45) is 5.92 Å². The fraction of sp³-hybridized carbons (Fsp3) is 0.600. The highest BCUT2D eigenvalue weighted by atomic mass is 35.5. The van der Waals surface area contributed by atoms with Gasteiger partial charge in [-0.2, -0.15) is 0 Å². The highest BCUT2D eigenvalue weighted by Gasteiger charge is 2.15. The summed E-state index contributed by atoms with van der Waals surface area (Å²) in [6, 6.07) is 3.81. The maximum absolute atomic E-state index is 9.80. The maximum atomic E-state index is 9.80. The summed E-state index contributed by atoms with van der Waals surface area (Å²) >= 11 is 7.31. The second-order valence-electron chi connectivity index (χ2n) is 3.41. The summed E-state index contributed by atoms with van der Waals surface area (Å²) in [5.74, 6) is 0.154. The van der Waals surface area contributed by atoms with Gasteiger partial charge in [0.05, 0.1) is 17.0 Å². The van der Waals surface area contributed by atoms with Gasteiger partial charge in [0, 0.05) is 24.3 Å². The molecule has 1 heterocycles. The van der Waals surface area contributed by atoms with Gasteiger partial charge < -0.3 is 9.84 Å². The van der Waals surface area contributed by atoms with Crippen molar-refractivity contribution in [2.75, 3.05) is 13.7 Å². The Kier molecular flexibility index (Phi) is 4.89. The average molecular weight is 235 g/mol. The van der Waals surface area contributed by atoms with Crippen LogP contribution in [0.4, 0.5) is 0 Å². The van der Waals surface area contributed by atoms with Crippen molar-refractivity contribution in [3.05, 3.63) is 21.3 Å². The van der Waals surface area contributed by atoms with E-state index >= 15 is 0 Å². The zero-order valence-electron chi connectivity index (χ0n) is 8.37. The van der Waals surface area contributed by atoms with E-state index in [2.05, 4.69) is 0 Å². The van der Waals surface area contributed by atoms with Gasteiger partial charge >= 0.3 is 0 Å². The van der Waals surface area contributed by atoms with Crippen LogP contribution in [0.25, 0.3) is 0 Å². The molecule has 1 aromatic heterocycles. The van der Waals surface area contributed by atoms with Crippen molar-refractivity contribution < 1.29 is 9.84 Å². The first-order valence-corrected chi connectivity index (χ1v) is 5.74. The molecule has 0 bridgehead atoms. The van der Waals surface area contributed by atoms with Crippen LogP contribution in [0.15, 0.2) is 12.1 Å². The Morgan fingerprint density at radius 1 is 1.57 bits per heavy atom. The molecule has 0 saturated carbocycles. The summed E-state index contributed by atoms with van der Waals surface area (Å²) in [6.07, 6.45) is 0.298. The minimum absolute atomic E-state index is 0.154. The van der Waals surface area contributed by atoms with E-state index in [-0.39, 0.29) is 12.0 Å². The standard InChI is InChI=1S/C10H15ClO2S/c1-7(6-13-2)9(12)5-8-3-4-10(11)14-8/h3-4,7,9,12H,5-6H2,1-2H3. The second-order valence-corrected chi connectivity index (χ2v) is 5.21. The van der Waals surface area contributed by atoms with Gasteiger partial charge in [-0.1, -0.05) is 18.5 Å². The molecule has 0 spiro atoms. The summed E-state index contributed by atoms with van der Waals surface area (Å²) in [5, 5.41) is 9.80. The molecule has 2 nitrogen and oxygen atoms in total. The SMILES string of the molecule is COCC(C)C(O)Cc1ccc(Cl)s1. The minimum Gasteiger partial charge on any atom is -0.392 e. The molecule has 0 aliphatic carbocycles. The van der Waals surface area contributed by atoms with E-state index in [0.717, 1.165) is 9.21 Å². The molecule has 0 radical (unpaired) electrons. The summed E-state index contributed by atoms with van der Waals surface area (Å²) in [7, 11) is 1.64. The van der Waals surface area contributed by atoms with Crippen molar-refractivity contribution in [3.63, 3.8) is 0 Å². The predicted octanol–water partition coefficient (Wildman–Crippen LogP) is 2.59. The molecule has 0 fully saturated rings. The summed E-state index contributed by atoms with van der Waals surface area (Å²) < 4.78 is 5.75. The Labute approximate surface area is 93.5 Å². The summed E-state index contributed by atoms with van der Waals surface area (Å²) in [6.45, 7) is 2.56. The Morgan fingerprint density at radius 3 is 2.79 bits per heavy atom. The Hall–Kier alpha value is -0.0900. The van der Waals surface area contributed by atoms with Crippen LogP contribution >= 0.6 is 22.9 Å². The van der Waals surface area contributed by atoms with E-state index in [0.29, 0.717) is 13.0 Å². The van der Waals surface area contributed by atoms with E-state index in [1.807, 2.05) is 19.1 Å². The van der Waals surface area contributed by atoms with Gasteiger partial charge in [-0.3, -0.25) is 0 Å². The monoisotopic (exact) mass is 234 g/mol. The van der Waals surface area contributed by atoms with Crippen LogP contribution in [0.1, 0.15) is 11.8 Å². The van der Waals surface area contributed by atoms with Crippen molar-refractivity contribution in [3.8, 4) is 0 Å². The van der Waals surface area contributed by atoms with Crippen LogP contribution in [0.2, 0.25) is 4.34 Å². The van der Waals surface area contributed by atoms with Gasteiger partial charge in [0.1, 0.15) is 0 Å². The molecular weight excluding hydrogens is 220 g/mol. The molecule has 0 aliphatic heterocycles. The molecule has 1 N–H and O–H groups in total. The lowest BCUT2D eigenvalue weighted by Crippen LogP contribution is -2.23. The highest BCUT2D eigenvalue weighted by Crippen LogP contribution is 2.23. The molecule has 0 amide bonds. The number of hydrogen-bond donors (Lipinski definition) is 1. The van der Waals surface area contributed by atoms with E-state index in [1.54, 1.807) is 7.11 Å². The van der Waals surface area contributed by atoms with Crippen LogP contribution < -0.4 is 0 Å². The number of thiophene rings is 1. The smallest absolute Gasteiger partial charge is 0.0931 e. The highest BCUT2D eigenvalue weighted by molar-refractivity contribution is 7.16.